The number of benzene rings is 1. The molecule has 0 spiro atoms. The predicted octanol–water partition coefficient (Wildman–Crippen LogP) is 3.66. The molecule has 74 valence electrons. The highest BCUT2D eigenvalue weighted by Gasteiger charge is 2.23. The van der Waals surface area contributed by atoms with Crippen molar-refractivity contribution in [2.24, 2.45) is 0 Å². The lowest BCUT2D eigenvalue weighted by atomic mass is 9.92. The van der Waals surface area contributed by atoms with Gasteiger partial charge in [-0.1, -0.05) is 22.9 Å². The average molecular weight is 319 g/mol. The molecule has 0 radical (unpaired) electrons. The van der Waals surface area contributed by atoms with Gasteiger partial charge in [-0.2, -0.15) is 0 Å². The van der Waals surface area contributed by atoms with Gasteiger partial charge in [0.25, 0.3) is 0 Å². The van der Waals surface area contributed by atoms with Crippen LogP contribution in [0.5, 0.6) is 0 Å². The van der Waals surface area contributed by atoms with Crippen LogP contribution in [0, 0.1) is 0 Å². The molecule has 0 bridgehead atoms. The fourth-order valence-corrected chi connectivity index (χ4v) is 3.05. The third kappa shape index (κ3) is 1.73. The van der Waals surface area contributed by atoms with E-state index < -0.39 is 0 Å². The number of anilines is 1. The maximum absolute atomic E-state index is 11.3. The Morgan fingerprint density at radius 1 is 1.43 bits per heavy atom. The van der Waals surface area contributed by atoms with Crippen LogP contribution in [0.4, 0.5) is 5.69 Å². The van der Waals surface area contributed by atoms with Gasteiger partial charge < -0.3 is 5.32 Å². The van der Waals surface area contributed by atoms with Crippen LogP contribution < -0.4 is 5.32 Å². The summed E-state index contributed by atoms with van der Waals surface area (Å²) in [6, 6.07) is 4.00. The molecule has 1 atom stereocenters. The van der Waals surface area contributed by atoms with Gasteiger partial charge in [-0.3, -0.25) is 4.79 Å². The highest BCUT2D eigenvalue weighted by molar-refractivity contribution is 9.11. The van der Waals surface area contributed by atoms with Crippen molar-refractivity contribution in [3.8, 4) is 0 Å². The fourth-order valence-electron chi connectivity index (χ4n) is 1.69. The van der Waals surface area contributed by atoms with Crippen molar-refractivity contribution in [3.63, 3.8) is 0 Å². The molecule has 14 heavy (non-hydrogen) atoms. The van der Waals surface area contributed by atoms with Crippen molar-refractivity contribution in [1.29, 1.82) is 0 Å². The summed E-state index contributed by atoms with van der Waals surface area (Å²) in [4.78, 5) is 11.3. The summed E-state index contributed by atoms with van der Waals surface area (Å²) >= 11 is 6.88. The maximum Gasteiger partial charge on any atom is 0.225 e. The van der Waals surface area contributed by atoms with Crippen LogP contribution in [0.2, 0.25) is 0 Å². The minimum absolute atomic E-state index is 0.0908. The van der Waals surface area contributed by atoms with Crippen LogP contribution in [-0.2, 0) is 4.79 Å². The second-order valence-electron chi connectivity index (χ2n) is 3.51. The third-order valence-corrected chi connectivity index (χ3v) is 3.46. The van der Waals surface area contributed by atoms with Crippen LogP contribution in [0.15, 0.2) is 21.1 Å². The molecule has 1 aromatic carbocycles. The first kappa shape index (κ1) is 10.2. The zero-order valence-corrected chi connectivity index (χ0v) is 10.8. The van der Waals surface area contributed by atoms with E-state index in [0.717, 1.165) is 14.6 Å². The molecule has 2 nitrogen and oxygen atoms in total. The Morgan fingerprint density at radius 3 is 2.86 bits per heavy atom. The molecule has 0 saturated heterocycles. The van der Waals surface area contributed by atoms with Crippen molar-refractivity contribution in [2.75, 3.05) is 5.32 Å². The van der Waals surface area contributed by atoms with Crippen LogP contribution >= 0.6 is 31.9 Å². The van der Waals surface area contributed by atoms with Crippen molar-refractivity contribution < 1.29 is 4.79 Å². The van der Waals surface area contributed by atoms with Gasteiger partial charge in [-0.05, 0) is 39.5 Å². The van der Waals surface area contributed by atoms with E-state index in [-0.39, 0.29) is 11.8 Å². The number of carbonyl (C=O) groups is 1. The zero-order valence-electron chi connectivity index (χ0n) is 7.60. The average Bonchev–Trinajstić information content (AvgIpc) is 2.07. The number of nitrogens with one attached hydrogen (secondary N) is 1. The minimum atomic E-state index is 0.0908. The van der Waals surface area contributed by atoms with Crippen LogP contribution in [0.25, 0.3) is 0 Å². The number of rotatable bonds is 0. The topological polar surface area (TPSA) is 29.1 Å². The molecular weight excluding hydrogens is 310 g/mol. The van der Waals surface area contributed by atoms with Gasteiger partial charge in [-0.25, -0.2) is 0 Å². The first-order chi connectivity index (χ1) is 6.58. The number of fused-ring (bicyclic) bond motifs is 1. The lowest BCUT2D eigenvalue weighted by Crippen LogP contribution is -2.21. The lowest BCUT2D eigenvalue weighted by Gasteiger charge is -2.23. The van der Waals surface area contributed by atoms with Crippen molar-refractivity contribution >= 4 is 43.5 Å². The summed E-state index contributed by atoms with van der Waals surface area (Å²) in [6.07, 6.45) is 0.565. The summed E-state index contributed by atoms with van der Waals surface area (Å²) in [7, 11) is 0. The summed E-state index contributed by atoms with van der Waals surface area (Å²) in [6.45, 7) is 2.07. The summed E-state index contributed by atoms with van der Waals surface area (Å²) in [5.74, 6) is 0.376. The van der Waals surface area contributed by atoms with E-state index in [9.17, 15) is 4.79 Å². The Morgan fingerprint density at radius 2 is 2.14 bits per heavy atom. The molecule has 4 heteroatoms. The van der Waals surface area contributed by atoms with Gasteiger partial charge >= 0.3 is 0 Å². The highest BCUT2D eigenvalue weighted by atomic mass is 79.9. The maximum atomic E-state index is 11.3. The molecule has 0 aliphatic carbocycles. The molecule has 0 fully saturated rings. The van der Waals surface area contributed by atoms with E-state index in [1.807, 2.05) is 6.07 Å². The van der Waals surface area contributed by atoms with E-state index in [4.69, 9.17) is 0 Å². The largest absolute Gasteiger partial charge is 0.325 e. The van der Waals surface area contributed by atoms with Gasteiger partial charge in [-0.15, -0.1) is 0 Å². The fraction of sp³-hybridized carbons (Fsp3) is 0.300. The molecule has 2 rings (SSSR count). The van der Waals surface area contributed by atoms with Crippen molar-refractivity contribution in [1.82, 2.24) is 0 Å². The van der Waals surface area contributed by atoms with Crippen LogP contribution in [-0.4, -0.2) is 5.91 Å². The Hall–Kier alpha value is -0.350. The van der Waals surface area contributed by atoms with Gasteiger partial charge in [0.1, 0.15) is 0 Å². The molecule has 1 N–H and O–H groups in total. The lowest BCUT2D eigenvalue weighted by molar-refractivity contribution is -0.116. The monoisotopic (exact) mass is 317 g/mol. The molecule has 0 aromatic heterocycles. The summed E-state index contributed by atoms with van der Waals surface area (Å²) in [5, 5.41) is 2.88. The molecule has 1 unspecified atom stereocenters. The molecule has 1 aromatic rings. The van der Waals surface area contributed by atoms with E-state index in [1.54, 1.807) is 0 Å². The van der Waals surface area contributed by atoms with Crippen LogP contribution in [0.1, 0.15) is 24.8 Å². The first-order valence-corrected chi connectivity index (χ1v) is 5.95. The van der Waals surface area contributed by atoms with E-state index >= 15 is 0 Å². The number of hydrogen-bond donors (Lipinski definition) is 1. The Bertz CT molecular complexity index is 403. The minimum Gasteiger partial charge on any atom is -0.325 e. The normalized spacial score (nSPS) is 20.2. The van der Waals surface area contributed by atoms with Gasteiger partial charge in [0.05, 0.1) is 5.69 Å². The Labute approximate surface area is 99.3 Å². The Kier molecular flexibility index (Phi) is 2.66. The van der Waals surface area contributed by atoms with E-state index in [2.05, 4.69) is 50.2 Å². The first-order valence-electron chi connectivity index (χ1n) is 4.36. The molecule has 1 amide bonds. The summed E-state index contributed by atoms with van der Waals surface area (Å²) < 4.78 is 1.97. The van der Waals surface area contributed by atoms with Gasteiger partial charge in [0.15, 0.2) is 0 Å². The quantitative estimate of drug-likeness (QED) is 0.777. The van der Waals surface area contributed by atoms with Crippen LogP contribution in [0.3, 0.4) is 0 Å². The number of amides is 1. The molecule has 1 heterocycles. The van der Waals surface area contributed by atoms with Crippen molar-refractivity contribution in [2.45, 2.75) is 19.3 Å². The Balaban J connectivity index is 2.58. The molecule has 1 aliphatic rings. The zero-order chi connectivity index (χ0) is 10.3. The van der Waals surface area contributed by atoms with E-state index in [0.29, 0.717) is 6.42 Å². The number of hydrogen-bond acceptors (Lipinski definition) is 1. The van der Waals surface area contributed by atoms with Gasteiger partial charge in [0, 0.05) is 15.4 Å². The molecular formula is C10H9Br2NO. The second-order valence-corrected chi connectivity index (χ2v) is 5.28. The predicted molar refractivity (Wildman–Crippen MR) is 63.5 cm³/mol. The van der Waals surface area contributed by atoms with Crippen molar-refractivity contribution in [3.05, 3.63) is 26.6 Å². The molecule has 0 saturated carbocycles. The van der Waals surface area contributed by atoms with E-state index in [1.165, 1.54) is 5.56 Å². The highest BCUT2D eigenvalue weighted by Crippen LogP contribution is 2.39. The second kappa shape index (κ2) is 3.66. The third-order valence-electron chi connectivity index (χ3n) is 2.37. The smallest absolute Gasteiger partial charge is 0.225 e. The van der Waals surface area contributed by atoms with Gasteiger partial charge in [0.2, 0.25) is 5.91 Å². The standard InChI is InChI=1S/C10H9Br2NO/c1-5-2-9(14)13-10-7(5)3-6(11)4-8(10)12/h3-5H,2H2,1H3,(H,13,14). The SMILES string of the molecule is CC1CC(=O)Nc2c(Br)cc(Br)cc21. The molecule has 1 aliphatic heterocycles. The number of halogens is 2. The summed E-state index contributed by atoms with van der Waals surface area (Å²) in [5.41, 5.74) is 2.10. The number of carbonyl (C=O) groups excluding carboxylic acids is 1.